The van der Waals surface area contributed by atoms with Crippen LogP contribution in [0.3, 0.4) is 0 Å². The van der Waals surface area contributed by atoms with Gasteiger partial charge in [0.2, 0.25) is 0 Å². The van der Waals surface area contributed by atoms with E-state index in [1.54, 1.807) is 0 Å². The SMILES string of the molecule is CCC1CCC(N(C)C2CCCCCC2C(=O)O)CC1. The lowest BCUT2D eigenvalue weighted by Gasteiger charge is -2.40. The van der Waals surface area contributed by atoms with Crippen LogP contribution in [0.5, 0.6) is 0 Å². The van der Waals surface area contributed by atoms with Crippen LogP contribution >= 0.6 is 0 Å². The summed E-state index contributed by atoms with van der Waals surface area (Å²) in [5.41, 5.74) is 0. The molecule has 0 radical (unpaired) electrons. The molecule has 0 spiro atoms. The van der Waals surface area contributed by atoms with Crippen molar-refractivity contribution >= 4 is 5.97 Å². The highest BCUT2D eigenvalue weighted by atomic mass is 16.4. The van der Waals surface area contributed by atoms with Crippen molar-refractivity contribution in [1.82, 2.24) is 4.90 Å². The molecule has 20 heavy (non-hydrogen) atoms. The summed E-state index contributed by atoms with van der Waals surface area (Å²) in [5, 5.41) is 9.53. The van der Waals surface area contributed by atoms with Gasteiger partial charge in [-0.05, 0) is 51.5 Å². The van der Waals surface area contributed by atoms with Crippen LogP contribution in [0, 0.1) is 11.8 Å². The molecule has 0 aromatic heterocycles. The fourth-order valence-corrected chi connectivity index (χ4v) is 4.29. The first-order valence-corrected chi connectivity index (χ1v) is 8.58. The third-order valence-electron chi connectivity index (χ3n) is 5.79. The molecule has 2 unspecified atom stereocenters. The molecule has 0 aliphatic heterocycles. The van der Waals surface area contributed by atoms with E-state index in [1.165, 1.54) is 44.9 Å². The molecule has 3 nitrogen and oxygen atoms in total. The largest absolute Gasteiger partial charge is 0.481 e. The first kappa shape index (κ1) is 15.8. The van der Waals surface area contributed by atoms with Crippen LogP contribution in [0.15, 0.2) is 0 Å². The highest BCUT2D eigenvalue weighted by Gasteiger charge is 2.35. The number of hydrogen-bond donors (Lipinski definition) is 1. The van der Waals surface area contributed by atoms with Gasteiger partial charge >= 0.3 is 5.97 Å². The molecule has 0 saturated heterocycles. The molecule has 0 amide bonds. The van der Waals surface area contributed by atoms with Crippen molar-refractivity contribution in [2.75, 3.05) is 7.05 Å². The smallest absolute Gasteiger partial charge is 0.308 e. The number of hydrogen-bond acceptors (Lipinski definition) is 2. The van der Waals surface area contributed by atoms with Crippen LogP contribution < -0.4 is 0 Å². The summed E-state index contributed by atoms with van der Waals surface area (Å²) in [6, 6.07) is 0.876. The number of carbonyl (C=O) groups is 1. The van der Waals surface area contributed by atoms with Gasteiger partial charge in [-0.25, -0.2) is 0 Å². The lowest BCUT2D eigenvalue weighted by Crippen LogP contribution is -2.47. The van der Waals surface area contributed by atoms with E-state index >= 15 is 0 Å². The monoisotopic (exact) mass is 281 g/mol. The Morgan fingerprint density at radius 2 is 1.70 bits per heavy atom. The maximum absolute atomic E-state index is 11.6. The van der Waals surface area contributed by atoms with Crippen molar-refractivity contribution in [2.24, 2.45) is 11.8 Å². The average molecular weight is 281 g/mol. The van der Waals surface area contributed by atoms with Gasteiger partial charge in [-0.3, -0.25) is 9.69 Å². The summed E-state index contributed by atoms with van der Waals surface area (Å²) in [6.45, 7) is 2.29. The zero-order valence-electron chi connectivity index (χ0n) is 13.2. The maximum atomic E-state index is 11.6. The summed E-state index contributed by atoms with van der Waals surface area (Å²) in [4.78, 5) is 14.0. The van der Waals surface area contributed by atoms with Crippen LogP contribution in [0.25, 0.3) is 0 Å². The molecule has 2 aliphatic rings. The van der Waals surface area contributed by atoms with Crippen LogP contribution in [-0.2, 0) is 4.79 Å². The zero-order chi connectivity index (χ0) is 14.5. The lowest BCUT2D eigenvalue weighted by molar-refractivity contribution is -0.144. The second kappa shape index (κ2) is 7.44. The van der Waals surface area contributed by atoms with E-state index in [-0.39, 0.29) is 12.0 Å². The fraction of sp³-hybridized carbons (Fsp3) is 0.941. The van der Waals surface area contributed by atoms with Gasteiger partial charge in [-0.2, -0.15) is 0 Å². The molecule has 2 saturated carbocycles. The second-order valence-electron chi connectivity index (χ2n) is 6.90. The summed E-state index contributed by atoms with van der Waals surface area (Å²) in [7, 11) is 2.18. The van der Waals surface area contributed by atoms with Crippen molar-refractivity contribution in [3.05, 3.63) is 0 Å². The normalized spacial score (nSPS) is 35.8. The van der Waals surface area contributed by atoms with Crippen LogP contribution in [0.1, 0.15) is 71.1 Å². The van der Waals surface area contributed by atoms with E-state index in [9.17, 15) is 9.90 Å². The zero-order valence-corrected chi connectivity index (χ0v) is 13.2. The Labute approximate surface area is 123 Å². The van der Waals surface area contributed by atoms with Gasteiger partial charge in [-0.1, -0.05) is 32.6 Å². The number of rotatable bonds is 4. The minimum Gasteiger partial charge on any atom is -0.481 e. The Morgan fingerprint density at radius 3 is 2.30 bits per heavy atom. The van der Waals surface area contributed by atoms with E-state index in [4.69, 9.17) is 0 Å². The average Bonchev–Trinajstić information content (AvgIpc) is 2.72. The Morgan fingerprint density at radius 1 is 1.05 bits per heavy atom. The topological polar surface area (TPSA) is 40.5 Å². The molecule has 2 rings (SSSR count). The highest BCUT2D eigenvalue weighted by Crippen LogP contribution is 2.34. The van der Waals surface area contributed by atoms with Crippen LogP contribution in [0.2, 0.25) is 0 Å². The molecule has 1 N–H and O–H groups in total. The van der Waals surface area contributed by atoms with Gasteiger partial charge in [-0.15, -0.1) is 0 Å². The van der Waals surface area contributed by atoms with Crippen molar-refractivity contribution in [1.29, 1.82) is 0 Å². The fourth-order valence-electron chi connectivity index (χ4n) is 4.29. The van der Waals surface area contributed by atoms with Crippen molar-refractivity contribution in [3.8, 4) is 0 Å². The first-order valence-electron chi connectivity index (χ1n) is 8.58. The first-order chi connectivity index (χ1) is 9.63. The number of aliphatic carboxylic acids is 1. The summed E-state index contributed by atoms with van der Waals surface area (Å²) < 4.78 is 0. The number of carboxylic acid groups (broad SMARTS) is 1. The molecule has 2 fully saturated rings. The van der Waals surface area contributed by atoms with E-state index in [0.717, 1.165) is 25.2 Å². The van der Waals surface area contributed by atoms with Crippen molar-refractivity contribution in [3.63, 3.8) is 0 Å². The second-order valence-corrected chi connectivity index (χ2v) is 6.90. The van der Waals surface area contributed by atoms with E-state index in [1.807, 2.05) is 0 Å². The summed E-state index contributed by atoms with van der Waals surface area (Å²) in [5.74, 6) is 0.182. The Bertz CT molecular complexity index is 310. The molecule has 2 aliphatic carbocycles. The molecule has 0 bridgehead atoms. The molecular weight excluding hydrogens is 250 g/mol. The van der Waals surface area contributed by atoms with Crippen molar-refractivity contribution < 1.29 is 9.90 Å². The lowest BCUT2D eigenvalue weighted by atomic mass is 9.82. The predicted molar refractivity (Wildman–Crippen MR) is 81.8 cm³/mol. The third kappa shape index (κ3) is 3.75. The molecule has 2 atom stereocenters. The third-order valence-corrected chi connectivity index (χ3v) is 5.79. The summed E-state index contributed by atoms with van der Waals surface area (Å²) >= 11 is 0. The summed E-state index contributed by atoms with van der Waals surface area (Å²) in [6.07, 6.45) is 11.9. The number of carboxylic acids is 1. The molecule has 0 heterocycles. The van der Waals surface area contributed by atoms with Crippen LogP contribution in [0.4, 0.5) is 0 Å². The van der Waals surface area contributed by atoms with Gasteiger partial charge in [0.15, 0.2) is 0 Å². The van der Waals surface area contributed by atoms with E-state index in [2.05, 4.69) is 18.9 Å². The molecule has 116 valence electrons. The standard InChI is InChI=1S/C17H31NO2/c1-3-13-9-11-14(12-10-13)18(2)16-8-6-4-5-7-15(16)17(19)20/h13-16H,3-12H2,1-2H3,(H,19,20). The maximum Gasteiger partial charge on any atom is 0.308 e. The molecule has 0 aromatic carbocycles. The Hall–Kier alpha value is -0.570. The van der Waals surface area contributed by atoms with Gasteiger partial charge in [0.1, 0.15) is 0 Å². The predicted octanol–water partition coefficient (Wildman–Crippen LogP) is 3.92. The van der Waals surface area contributed by atoms with E-state index in [0.29, 0.717) is 6.04 Å². The Balaban J connectivity index is 1.98. The number of nitrogens with zero attached hydrogens (tertiary/aromatic N) is 1. The van der Waals surface area contributed by atoms with Gasteiger partial charge in [0, 0.05) is 12.1 Å². The minimum absolute atomic E-state index is 0.147. The van der Waals surface area contributed by atoms with E-state index < -0.39 is 5.97 Å². The highest BCUT2D eigenvalue weighted by molar-refractivity contribution is 5.70. The van der Waals surface area contributed by atoms with Gasteiger partial charge in [0.25, 0.3) is 0 Å². The molecular formula is C17H31NO2. The van der Waals surface area contributed by atoms with Gasteiger partial charge < -0.3 is 5.11 Å². The minimum atomic E-state index is -0.578. The van der Waals surface area contributed by atoms with Crippen molar-refractivity contribution in [2.45, 2.75) is 83.2 Å². The Kier molecular flexibility index (Phi) is 5.88. The van der Waals surface area contributed by atoms with Gasteiger partial charge in [0.05, 0.1) is 5.92 Å². The molecule has 3 heteroatoms. The quantitative estimate of drug-likeness (QED) is 0.794. The molecule has 0 aromatic rings. The van der Waals surface area contributed by atoms with Crippen LogP contribution in [-0.4, -0.2) is 35.1 Å².